The Bertz CT molecular complexity index is 1290. The van der Waals surface area contributed by atoms with Gasteiger partial charge in [-0.25, -0.2) is 0 Å². The quantitative estimate of drug-likeness (QED) is 0.0262. The number of carbonyl (C=O) groups is 3. The molecule has 0 saturated heterocycles. The van der Waals surface area contributed by atoms with E-state index in [1.807, 2.05) is 0 Å². The monoisotopic (exact) mass is 919 g/mol. The van der Waals surface area contributed by atoms with Crippen molar-refractivity contribution in [3.63, 3.8) is 0 Å². The van der Waals surface area contributed by atoms with Crippen molar-refractivity contribution in [3.05, 3.63) is 85.1 Å². The molecule has 0 aliphatic rings. The van der Waals surface area contributed by atoms with Gasteiger partial charge in [-0.3, -0.25) is 14.4 Å². The molecule has 6 nitrogen and oxygen atoms in total. The molecule has 0 spiro atoms. The van der Waals surface area contributed by atoms with Crippen LogP contribution in [0, 0.1) is 0 Å². The summed E-state index contributed by atoms with van der Waals surface area (Å²) in [5, 5.41) is 0. The molecule has 0 radical (unpaired) electrons. The van der Waals surface area contributed by atoms with Gasteiger partial charge in [0, 0.05) is 19.3 Å². The molecule has 0 aromatic carbocycles. The fourth-order valence-electron chi connectivity index (χ4n) is 7.46. The van der Waals surface area contributed by atoms with E-state index in [0.29, 0.717) is 19.3 Å². The van der Waals surface area contributed by atoms with Crippen molar-refractivity contribution in [2.75, 3.05) is 13.2 Å². The fraction of sp³-hybridized carbons (Fsp3) is 0.717. The molecule has 1 atom stereocenters. The molecule has 66 heavy (non-hydrogen) atoms. The van der Waals surface area contributed by atoms with E-state index in [4.69, 9.17) is 14.2 Å². The molecule has 0 aromatic heterocycles. The maximum Gasteiger partial charge on any atom is 0.306 e. The van der Waals surface area contributed by atoms with Crippen molar-refractivity contribution in [2.24, 2.45) is 0 Å². The normalized spacial score (nSPS) is 12.7. The maximum absolute atomic E-state index is 12.8. The first-order chi connectivity index (χ1) is 32.5. The van der Waals surface area contributed by atoms with Gasteiger partial charge in [-0.05, 0) is 116 Å². The first-order valence-corrected chi connectivity index (χ1v) is 27.6. The minimum atomic E-state index is -0.798. The lowest BCUT2D eigenvalue weighted by atomic mass is 10.1. The lowest BCUT2D eigenvalue weighted by Crippen LogP contribution is -2.30. The van der Waals surface area contributed by atoms with Crippen LogP contribution in [0.5, 0.6) is 0 Å². The van der Waals surface area contributed by atoms with Crippen LogP contribution in [0.1, 0.15) is 258 Å². The van der Waals surface area contributed by atoms with E-state index in [0.717, 1.165) is 116 Å². The van der Waals surface area contributed by atoms with Gasteiger partial charge in [-0.2, -0.15) is 0 Å². The zero-order valence-corrected chi connectivity index (χ0v) is 43.2. The molecule has 0 bridgehead atoms. The Labute approximate surface area is 407 Å². The largest absolute Gasteiger partial charge is 0.462 e. The molecule has 0 heterocycles. The number of rotatable bonds is 49. The summed E-state index contributed by atoms with van der Waals surface area (Å²) >= 11 is 0. The topological polar surface area (TPSA) is 78.9 Å². The van der Waals surface area contributed by atoms with Crippen LogP contribution in [0.2, 0.25) is 0 Å². The molecule has 0 N–H and O–H groups in total. The molecule has 6 heteroatoms. The van der Waals surface area contributed by atoms with E-state index in [1.54, 1.807) is 0 Å². The Morgan fingerprint density at radius 1 is 0.318 bits per heavy atom. The number of allylic oxidation sites excluding steroid dienone is 14. The van der Waals surface area contributed by atoms with Crippen LogP contribution >= 0.6 is 0 Å². The van der Waals surface area contributed by atoms with E-state index in [-0.39, 0.29) is 31.1 Å². The standard InChI is InChI=1S/C60H102O6/c1-4-7-10-13-16-19-22-25-28-29-30-31-33-35-38-41-44-47-50-53-59(62)65-56-57(55-64-58(61)52-49-46-43-40-37-34-27-24-21-18-15-12-9-6-3)66-60(63)54-51-48-45-42-39-36-32-26-23-20-17-14-11-8-5-2/h7,10,16,19,24-28,30-32,35,38,57H,4-6,8-9,11-15,17-18,20-23,29,33-34,36-37,39-56H2,1-3H3/b10-7-,19-16-,27-24-,28-25-,31-30-,32-26-,38-35-. The maximum atomic E-state index is 12.8. The summed E-state index contributed by atoms with van der Waals surface area (Å²) in [6, 6.07) is 0. The van der Waals surface area contributed by atoms with Crippen LogP contribution in [0.4, 0.5) is 0 Å². The molecule has 0 aromatic rings. The smallest absolute Gasteiger partial charge is 0.306 e. The second-order valence-corrected chi connectivity index (χ2v) is 18.1. The zero-order chi connectivity index (χ0) is 47.9. The van der Waals surface area contributed by atoms with Crippen LogP contribution in [-0.2, 0) is 28.6 Å². The van der Waals surface area contributed by atoms with Crippen molar-refractivity contribution in [1.82, 2.24) is 0 Å². The first-order valence-electron chi connectivity index (χ1n) is 27.6. The highest BCUT2D eigenvalue weighted by Gasteiger charge is 2.19. The number of carbonyl (C=O) groups excluding carboxylic acids is 3. The van der Waals surface area contributed by atoms with Gasteiger partial charge >= 0.3 is 17.9 Å². The summed E-state index contributed by atoms with van der Waals surface area (Å²) in [5.74, 6) is -0.942. The summed E-state index contributed by atoms with van der Waals surface area (Å²) in [5.41, 5.74) is 0. The molecular weight excluding hydrogens is 817 g/mol. The highest BCUT2D eigenvalue weighted by atomic mass is 16.6. The van der Waals surface area contributed by atoms with Gasteiger partial charge in [0.05, 0.1) is 0 Å². The highest BCUT2D eigenvalue weighted by molar-refractivity contribution is 5.71. The van der Waals surface area contributed by atoms with Gasteiger partial charge in [0.2, 0.25) is 0 Å². The molecule has 0 saturated carbocycles. The average molecular weight is 919 g/mol. The zero-order valence-electron chi connectivity index (χ0n) is 43.2. The SMILES string of the molecule is CC/C=C\C/C=C\C/C=C\C/C=C\C/C=C\CCCCCC(=O)OCC(COC(=O)CCCCCCC/C=C\CCCCCCC)OC(=O)CCCCCCC/C=C\CCCCCCCC. The Morgan fingerprint density at radius 3 is 0.955 bits per heavy atom. The molecule has 1 unspecified atom stereocenters. The van der Waals surface area contributed by atoms with Crippen molar-refractivity contribution in [1.29, 1.82) is 0 Å². The minimum absolute atomic E-state index is 0.0948. The molecular formula is C60H102O6. The lowest BCUT2D eigenvalue weighted by Gasteiger charge is -2.18. The Kier molecular flexibility index (Phi) is 51.4. The third-order valence-electron chi connectivity index (χ3n) is 11.6. The van der Waals surface area contributed by atoms with Crippen molar-refractivity contribution in [3.8, 4) is 0 Å². The number of hydrogen-bond donors (Lipinski definition) is 0. The van der Waals surface area contributed by atoms with Crippen LogP contribution in [0.3, 0.4) is 0 Å². The van der Waals surface area contributed by atoms with Crippen LogP contribution in [-0.4, -0.2) is 37.2 Å². The Morgan fingerprint density at radius 2 is 0.591 bits per heavy atom. The highest BCUT2D eigenvalue weighted by Crippen LogP contribution is 2.14. The molecule has 378 valence electrons. The molecule has 0 fully saturated rings. The second-order valence-electron chi connectivity index (χ2n) is 18.1. The number of hydrogen-bond acceptors (Lipinski definition) is 6. The Balaban J connectivity index is 4.46. The van der Waals surface area contributed by atoms with E-state index in [9.17, 15) is 14.4 Å². The third kappa shape index (κ3) is 51.6. The van der Waals surface area contributed by atoms with Gasteiger partial charge in [0.25, 0.3) is 0 Å². The molecule has 0 rings (SSSR count). The van der Waals surface area contributed by atoms with E-state index in [1.165, 1.54) is 103 Å². The lowest BCUT2D eigenvalue weighted by molar-refractivity contribution is -0.167. The van der Waals surface area contributed by atoms with E-state index < -0.39 is 6.10 Å². The van der Waals surface area contributed by atoms with Crippen molar-refractivity contribution < 1.29 is 28.6 Å². The predicted octanol–water partition coefficient (Wildman–Crippen LogP) is 18.4. The van der Waals surface area contributed by atoms with Crippen molar-refractivity contribution in [2.45, 2.75) is 264 Å². The Hall–Kier alpha value is -3.41. The fourth-order valence-corrected chi connectivity index (χ4v) is 7.46. The van der Waals surface area contributed by atoms with E-state index >= 15 is 0 Å². The van der Waals surface area contributed by atoms with Gasteiger partial charge in [-0.1, -0.05) is 209 Å². The molecule has 0 amide bonds. The first kappa shape index (κ1) is 62.6. The molecule has 0 aliphatic carbocycles. The number of esters is 3. The summed E-state index contributed by atoms with van der Waals surface area (Å²) in [4.78, 5) is 38.1. The second kappa shape index (κ2) is 54.2. The van der Waals surface area contributed by atoms with E-state index in [2.05, 4.69) is 106 Å². The van der Waals surface area contributed by atoms with Gasteiger partial charge in [0.1, 0.15) is 13.2 Å². The van der Waals surface area contributed by atoms with Crippen molar-refractivity contribution >= 4 is 17.9 Å². The summed E-state index contributed by atoms with van der Waals surface area (Å²) in [6.45, 7) is 6.47. The number of ether oxygens (including phenoxy) is 3. The third-order valence-corrected chi connectivity index (χ3v) is 11.6. The summed E-state index contributed by atoms with van der Waals surface area (Å²) in [6.07, 6.45) is 69.9. The minimum Gasteiger partial charge on any atom is -0.462 e. The van der Waals surface area contributed by atoms with Crippen LogP contribution in [0.15, 0.2) is 85.1 Å². The molecule has 0 aliphatic heterocycles. The van der Waals surface area contributed by atoms with Crippen LogP contribution in [0.25, 0.3) is 0 Å². The summed E-state index contributed by atoms with van der Waals surface area (Å²) in [7, 11) is 0. The predicted molar refractivity (Wildman–Crippen MR) is 284 cm³/mol. The van der Waals surface area contributed by atoms with Gasteiger partial charge < -0.3 is 14.2 Å². The van der Waals surface area contributed by atoms with Gasteiger partial charge in [-0.15, -0.1) is 0 Å². The van der Waals surface area contributed by atoms with Gasteiger partial charge in [0.15, 0.2) is 6.10 Å². The number of unbranched alkanes of at least 4 members (excludes halogenated alkanes) is 24. The summed E-state index contributed by atoms with van der Waals surface area (Å²) < 4.78 is 16.8. The van der Waals surface area contributed by atoms with Crippen LogP contribution < -0.4 is 0 Å². The average Bonchev–Trinajstić information content (AvgIpc) is 3.31.